The number of fused-ring (bicyclic) bond motifs is 2. The third kappa shape index (κ3) is 2.98. The molecule has 0 radical (unpaired) electrons. The van der Waals surface area contributed by atoms with Gasteiger partial charge >= 0.3 is 0 Å². The quantitative estimate of drug-likeness (QED) is 0.930. The number of nitrogens with one attached hydrogen (secondary N) is 1. The number of aryl methyl sites for hydroxylation is 1. The maximum Gasteiger partial charge on any atom is 0.253 e. The van der Waals surface area contributed by atoms with Crippen LogP contribution in [0.5, 0.6) is 0 Å². The predicted molar refractivity (Wildman–Crippen MR) is 97.3 cm³/mol. The molecule has 0 saturated carbocycles. The first-order valence-corrected chi connectivity index (χ1v) is 9.54. The van der Waals surface area contributed by atoms with Gasteiger partial charge in [0.15, 0.2) is 0 Å². The summed E-state index contributed by atoms with van der Waals surface area (Å²) in [5, 5.41) is 6.66. The molecular formula is C19H23N3OS. The van der Waals surface area contributed by atoms with E-state index in [-0.39, 0.29) is 5.91 Å². The largest absolute Gasteiger partial charge is 0.339 e. The van der Waals surface area contributed by atoms with Crippen molar-refractivity contribution in [1.29, 1.82) is 0 Å². The Bertz CT molecular complexity index is 745. The number of carbonyl (C=O) groups excluding carboxylic acids is 1. The average molecular weight is 341 g/mol. The molecule has 4 rings (SSSR count). The number of hydrogen-bond acceptors (Lipinski definition) is 4. The summed E-state index contributed by atoms with van der Waals surface area (Å²) in [4.78, 5) is 19.4. The molecule has 2 fully saturated rings. The monoisotopic (exact) mass is 341 g/mol. The molecule has 2 saturated heterocycles. The Balaban J connectivity index is 1.53. The molecule has 2 aliphatic rings. The van der Waals surface area contributed by atoms with Crippen LogP contribution in [0.25, 0.3) is 10.6 Å². The first-order chi connectivity index (χ1) is 11.6. The maximum atomic E-state index is 13.0. The molecule has 1 aromatic carbocycles. The Labute approximate surface area is 146 Å². The van der Waals surface area contributed by atoms with Crippen molar-refractivity contribution in [2.75, 3.05) is 7.05 Å². The zero-order chi connectivity index (χ0) is 16.7. The van der Waals surface area contributed by atoms with E-state index < -0.39 is 0 Å². The molecule has 2 unspecified atom stereocenters. The topological polar surface area (TPSA) is 45.2 Å². The first-order valence-electron chi connectivity index (χ1n) is 8.66. The summed E-state index contributed by atoms with van der Waals surface area (Å²) in [7, 11) is 1.96. The van der Waals surface area contributed by atoms with E-state index in [1.54, 1.807) is 11.3 Å². The van der Waals surface area contributed by atoms with Gasteiger partial charge in [-0.2, -0.15) is 0 Å². The number of benzene rings is 1. The third-order valence-corrected chi connectivity index (χ3v) is 6.30. The van der Waals surface area contributed by atoms with E-state index in [0.717, 1.165) is 34.7 Å². The van der Waals surface area contributed by atoms with Crippen molar-refractivity contribution in [3.63, 3.8) is 0 Å². The fraction of sp³-hybridized carbons (Fsp3) is 0.474. The van der Waals surface area contributed by atoms with Gasteiger partial charge in [0.2, 0.25) is 0 Å². The smallest absolute Gasteiger partial charge is 0.253 e. The summed E-state index contributed by atoms with van der Waals surface area (Å²) in [5.74, 6) is 0.122. The van der Waals surface area contributed by atoms with Crippen LogP contribution in [-0.2, 0) is 0 Å². The third-order valence-electron chi connectivity index (χ3n) is 5.29. The number of rotatable bonds is 3. The van der Waals surface area contributed by atoms with Gasteiger partial charge in [-0.05, 0) is 44.7 Å². The summed E-state index contributed by atoms with van der Waals surface area (Å²) in [6.07, 6.45) is 4.65. The molecule has 1 amide bonds. The Morgan fingerprint density at radius 3 is 2.71 bits per heavy atom. The van der Waals surface area contributed by atoms with Crippen molar-refractivity contribution in [3.05, 3.63) is 40.9 Å². The Kier molecular flexibility index (Phi) is 4.14. The van der Waals surface area contributed by atoms with Crippen molar-refractivity contribution in [1.82, 2.24) is 15.2 Å². The second-order valence-electron chi connectivity index (χ2n) is 7.05. The van der Waals surface area contributed by atoms with Crippen LogP contribution < -0.4 is 5.32 Å². The van der Waals surface area contributed by atoms with Crippen LogP contribution >= 0.6 is 11.3 Å². The van der Waals surface area contributed by atoms with Crippen LogP contribution in [0, 0.1) is 6.92 Å². The summed E-state index contributed by atoms with van der Waals surface area (Å²) < 4.78 is 0. The Hall–Kier alpha value is -1.72. The van der Waals surface area contributed by atoms with Gasteiger partial charge in [-0.15, -0.1) is 11.3 Å². The Morgan fingerprint density at radius 1 is 1.29 bits per heavy atom. The van der Waals surface area contributed by atoms with Gasteiger partial charge in [0.25, 0.3) is 5.91 Å². The predicted octanol–water partition coefficient (Wildman–Crippen LogP) is 3.47. The van der Waals surface area contributed by atoms with Gasteiger partial charge in [-0.3, -0.25) is 4.79 Å². The summed E-state index contributed by atoms with van der Waals surface area (Å²) in [5.41, 5.74) is 2.81. The number of nitrogens with zero attached hydrogens (tertiary/aromatic N) is 2. The van der Waals surface area contributed by atoms with E-state index >= 15 is 0 Å². The van der Waals surface area contributed by atoms with E-state index in [9.17, 15) is 4.79 Å². The number of thiazole rings is 1. The summed E-state index contributed by atoms with van der Waals surface area (Å²) in [6.45, 7) is 1.99. The second-order valence-corrected chi connectivity index (χ2v) is 7.91. The maximum absolute atomic E-state index is 13.0. The van der Waals surface area contributed by atoms with Gasteiger partial charge in [-0.1, -0.05) is 12.1 Å². The first kappa shape index (κ1) is 15.8. The fourth-order valence-electron chi connectivity index (χ4n) is 3.98. The van der Waals surface area contributed by atoms with Crippen LogP contribution in [0.1, 0.15) is 41.7 Å². The Morgan fingerprint density at radius 2 is 2.04 bits per heavy atom. The molecule has 3 heterocycles. The normalized spacial score (nSPS) is 25.7. The van der Waals surface area contributed by atoms with Crippen molar-refractivity contribution < 1.29 is 4.79 Å². The minimum atomic E-state index is 0.122. The number of aromatic nitrogens is 1. The number of carbonyl (C=O) groups is 1. The highest BCUT2D eigenvalue weighted by atomic mass is 32.1. The lowest BCUT2D eigenvalue weighted by molar-refractivity contribution is 0.0682. The standard InChI is InChI=1S/C19H23N3OS/c1-12-11-24-18(20-12)13-4-3-5-14(8-13)19(23)22(2)17-9-15-6-7-16(10-17)21-15/h3-5,8,11,15-17,21H,6-7,9-10H2,1-2H3. The molecule has 1 N–H and O–H groups in total. The molecule has 0 spiro atoms. The van der Waals surface area contributed by atoms with E-state index in [2.05, 4.69) is 10.3 Å². The summed E-state index contributed by atoms with van der Waals surface area (Å²) in [6, 6.07) is 9.41. The highest BCUT2D eigenvalue weighted by Crippen LogP contribution is 2.30. The molecule has 0 aliphatic carbocycles. The molecule has 2 aliphatic heterocycles. The van der Waals surface area contributed by atoms with Crippen molar-refractivity contribution in [2.45, 2.75) is 50.7 Å². The van der Waals surface area contributed by atoms with Crippen molar-refractivity contribution in [2.24, 2.45) is 0 Å². The van der Waals surface area contributed by atoms with Gasteiger partial charge in [-0.25, -0.2) is 4.98 Å². The number of piperidine rings is 1. The molecule has 2 atom stereocenters. The zero-order valence-corrected chi connectivity index (χ0v) is 15.0. The lowest BCUT2D eigenvalue weighted by Gasteiger charge is -2.35. The van der Waals surface area contributed by atoms with E-state index in [1.165, 1.54) is 12.8 Å². The van der Waals surface area contributed by atoms with E-state index in [0.29, 0.717) is 18.1 Å². The number of amides is 1. The fourth-order valence-corrected chi connectivity index (χ4v) is 4.78. The molecule has 1 aromatic heterocycles. The van der Waals surface area contributed by atoms with Gasteiger partial charge in [0, 0.05) is 47.4 Å². The minimum Gasteiger partial charge on any atom is -0.339 e. The second kappa shape index (κ2) is 6.30. The van der Waals surface area contributed by atoms with E-state index in [4.69, 9.17) is 0 Å². The van der Waals surface area contributed by atoms with E-state index in [1.807, 2.05) is 48.5 Å². The van der Waals surface area contributed by atoms with Gasteiger partial charge < -0.3 is 10.2 Å². The molecule has 2 bridgehead atoms. The molecule has 24 heavy (non-hydrogen) atoms. The van der Waals surface area contributed by atoms with Crippen LogP contribution in [0.2, 0.25) is 0 Å². The lowest BCUT2D eigenvalue weighted by Crippen LogP contribution is -2.48. The average Bonchev–Trinajstić information content (AvgIpc) is 3.18. The zero-order valence-electron chi connectivity index (χ0n) is 14.2. The molecule has 126 valence electrons. The van der Waals surface area contributed by atoms with Gasteiger partial charge in [0.05, 0.1) is 0 Å². The van der Waals surface area contributed by atoms with Crippen LogP contribution in [0.4, 0.5) is 0 Å². The van der Waals surface area contributed by atoms with Crippen LogP contribution in [0.3, 0.4) is 0 Å². The molecule has 4 nitrogen and oxygen atoms in total. The highest BCUT2D eigenvalue weighted by molar-refractivity contribution is 7.13. The lowest BCUT2D eigenvalue weighted by atomic mass is 9.97. The van der Waals surface area contributed by atoms with Crippen LogP contribution in [0.15, 0.2) is 29.6 Å². The minimum absolute atomic E-state index is 0.122. The number of hydrogen-bond donors (Lipinski definition) is 1. The molecule has 5 heteroatoms. The van der Waals surface area contributed by atoms with Crippen molar-refractivity contribution in [3.8, 4) is 10.6 Å². The molecular weight excluding hydrogens is 318 g/mol. The van der Waals surface area contributed by atoms with Crippen LogP contribution in [-0.4, -0.2) is 41.0 Å². The van der Waals surface area contributed by atoms with Crippen molar-refractivity contribution >= 4 is 17.2 Å². The highest BCUT2D eigenvalue weighted by Gasteiger charge is 2.36. The SMILES string of the molecule is Cc1csc(-c2cccc(C(=O)N(C)C3CC4CCC(C3)N4)c2)n1. The van der Waals surface area contributed by atoms with Gasteiger partial charge in [0.1, 0.15) is 5.01 Å². The molecule has 2 aromatic rings. The summed E-state index contributed by atoms with van der Waals surface area (Å²) >= 11 is 1.62.